The lowest BCUT2D eigenvalue weighted by atomic mass is 9.93. The first-order valence-corrected chi connectivity index (χ1v) is 34.7. The van der Waals surface area contributed by atoms with Crippen molar-refractivity contribution in [3.05, 3.63) is 180 Å². The van der Waals surface area contributed by atoms with Crippen molar-refractivity contribution in [1.29, 1.82) is 0 Å². The van der Waals surface area contributed by atoms with E-state index < -0.39 is 12.2 Å². The van der Waals surface area contributed by atoms with Crippen LogP contribution in [0.15, 0.2) is 97.1 Å². The van der Waals surface area contributed by atoms with E-state index in [9.17, 15) is 22.0 Å². The van der Waals surface area contributed by atoms with Crippen molar-refractivity contribution < 1.29 is 36.2 Å². The molecular formula is C82H126ClF5N2O3. The number of ether oxygens (including phenoxy) is 3. The molecule has 0 fully saturated rings. The standard InChI is InChI=1S/2C14H23N.C14H22O.C13H17F3O.C13H18F2O.C12H17Cl.C2H6/c1-10(2)12-7-8-14(15(5)6)13(9-12)11(3)4;2*1-6-15-14-8-7-12(10(2)3)9-13(14)11(4)5;1-8(2)10-5-6-12(17-13(14,15)16)11(7-10)9(3)4;1-7(2)9-6-10(14)13(16-5)11(8(3)4)12(9)15;1-8(2)10-5-6-12(13)11(7-10)9(3)4;1-2/h7-11H,1-6H3;7-11,15H,6H2,1-5H3;7-11H,6H2,1-5H3;5-9H,1-4H3;6-8H,1-5H3;5-9H,1-4H3;1-2H3. The highest BCUT2D eigenvalue weighted by Crippen LogP contribution is 2.38. The lowest BCUT2D eigenvalue weighted by Crippen LogP contribution is -2.18. The van der Waals surface area contributed by atoms with Crippen molar-refractivity contribution in [2.75, 3.05) is 44.6 Å². The molecule has 0 spiro atoms. The number of nitrogens with one attached hydrogen (secondary N) is 1. The van der Waals surface area contributed by atoms with Crippen LogP contribution in [-0.2, 0) is 0 Å². The number of benzene rings is 6. The molecule has 0 aliphatic carbocycles. The molecule has 1 N–H and O–H groups in total. The molecule has 0 aliphatic heterocycles. The van der Waals surface area contributed by atoms with Gasteiger partial charge in [0.1, 0.15) is 17.3 Å². The quantitative estimate of drug-likeness (QED) is 0.0819. The van der Waals surface area contributed by atoms with Crippen LogP contribution in [-0.4, -0.2) is 40.7 Å². The summed E-state index contributed by atoms with van der Waals surface area (Å²) in [6.45, 7) is 60.5. The molecule has 0 atom stereocenters. The van der Waals surface area contributed by atoms with Crippen molar-refractivity contribution in [1.82, 2.24) is 0 Å². The van der Waals surface area contributed by atoms with Gasteiger partial charge in [-0.3, -0.25) is 0 Å². The van der Waals surface area contributed by atoms with Gasteiger partial charge in [0.15, 0.2) is 11.6 Å². The van der Waals surface area contributed by atoms with Gasteiger partial charge in [0.2, 0.25) is 0 Å². The molecule has 0 saturated heterocycles. The lowest BCUT2D eigenvalue weighted by molar-refractivity contribution is -0.275. The van der Waals surface area contributed by atoms with Gasteiger partial charge >= 0.3 is 6.36 Å². The molecule has 6 rings (SSSR count). The van der Waals surface area contributed by atoms with E-state index in [1.807, 2.05) is 82.2 Å². The zero-order valence-corrected chi connectivity index (χ0v) is 64.3. The van der Waals surface area contributed by atoms with Crippen LogP contribution in [0.25, 0.3) is 0 Å². The van der Waals surface area contributed by atoms with Crippen LogP contribution in [0.4, 0.5) is 33.3 Å². The molecule has 11 heteroatoms. The number of nitrogens with zero attached hydrogens (tertiary/aromatic N) is 1. The van der Waals surface area contributed by atoms with E-state index in [1.165, 1.54) is 75.1 Å². The van der Waals surface area contributed by atoms with Crippen LogP contribution in [0.5, 0.6) is 17.2 Å². The molecule has 93 heavy (non-hydrogen) atoms. The average Bonchev–Trinajstić information content (AvgIpc) is 1.09. The van der Waals surface area contributed by atoms with E-state index in [2.05, 4.69) is 213 Å². The average molecular weight is 1320 g/mol. The molecular weight excluding hydrogens is 1190 g/mol. The Morgan fingerprint density at radius 1 is 0.430 bits per heavy atom. The summed E-state index contributed by atoms with van der Waals surface area (Å²) < 4.78 is 79.1. The van der Waals surface area contributed by atoms with Gasteiger partial charge in [-0.15, -0.1) is 13.2 Å². The molecule has 524 valence electrons. The molecule has 0 unspecified atom stereocenters. The lowest BCUT2D eigenvalue weighted by Gasteiger charge is -2.21. The SMILES string of the molecule is CC.CC(C)c1ccc(Cl)c(C(C)C)c1.CC(C)c1ccc(N(C)C)c(C(C)C)c1.CC(C)c1ccc(OC(F)(F)F)c(C(C)C)c1.CCNc1ccc(C(C)C)cc1C(C)C.CCOc1ccc(C(C)C)cc1C(C)C.COc1c(F)cc(C(C)C)c(F)c1C(C)C. The van der Waals surface area contributed by atoms with Gasteiger partial charge in [0, 0.05) is 42.6 Å². The second-order valence-electron chi connectivity index (χ2n) is 27.5. The minimum absolute atomic E-state index is 0.00829. The maximum Gasteiger partial charge on any atom is 0.573 e. The predicted molar refractivity (Wildman–Crippen MR) is 397 cm³/mol. The molecule has 0 heterocycles. The van der Waals surface area contributed by atoms with E-state index in [0.717, 1.165) is 29.5 Å². The summed E-state index contributed by atoms with van der Waals surface area (Å²) in [5.41, 5.74) is 16.1. The number of hydrogen-bond acceptors (Lipinski definition) is 5. The fraction of sp³-hybridized carbons (Fsp3) is 0.561. The van der Waals surface area contributed by atoms with Gasteiger partial charge < -0.3 is 24.4 Å². The summed E-state index contributed by atoms with van der Waals surface area (Å²) in [5.74, 6) is 4.82. The van der Waals surface area contributed by atoms with E-state index in [4.69, 9.17) is 21.1 Å². The first kappa shape index (κ1) is 87.3. The minimum atomic E-state index is -4.64. The summed E-state index contributed by atoms with van der Waals surface area (Å²) in [6, 6.07) is 32.6. The molecule has 5 nitrogen and oxygen atoms in total. The fourth-order valence-corrected chi connectivity index (χ4v) is 10.3. The number of methoxy groups -OCH3 is 1. The van der Waals surface area contributed by atoms with Crippen LogP contribution in [0.2, 0.25) is 5.02 Å². The summed E-state index contributed by atoms with van der Waals surface area (Å²) in [4.78, 5) is 2.19. The molecule has 6 aromatic carbocycles. The molecule has 0 saturated carbocycles. The minimum Gasteiger partial charge on any atom is -0.494 e. The third-order valence-corrected chi connectivity index (χ3v) is 16.0. The number of alkyl halides is 3. The van der Waals surface area contributed by atoms with Crippen molar-refractivity contribution in [2.24, 2.45) is 0 Å². The number of halogens is 6. The highest BCUT2D eigenvalue weighted by Gasteiger charge is 2.32. The largest absolute Gasteiger partial charge is 0.573 e. The van der Waals surface area contributed by atoms with Gasteiger partial charge in [-0.05, 0) is 182 Å². The van der Waals surface area contributed by atoms with Crippen molar-refractivity contribution in [2.45, 2.75) is 271 Å². The fourth-order valence-electron chi connectivity index (χ4n) is 9.99. The number of anilines is 2. The zero-order chi connectivity index (χ0) is 72.1. The summed E-state index contributed by atoms with van der Waals surface area (Å²) in [5, 5.41) is 4.31. The molecule has 0 radical (unpaired) electrons. The van der Waals surface area contributed by atoms with Crippen LogP contribution in [0.3, 0.4) is 0 Å². The summed E-state index contributed by atoms with van der Waals surface area (Å²) in [6.07, 6.45) is -4.64. The second kappa shape index (κ2) is 42.6. The third kappa shape index (κ3) is 29.4. The van der Waals surface area contributed by atoms with Gasteiger partial charge in [0.25, 0.3) is 0 Å². The molecule has 6 aromatic rings. The Hall–Kier alpha value is -5.74. The Morgan fingerprint density at radius 3 is 1.14 bits per heavy atom. The van der Waals surface area contributed by atoms with Crippen LogP contribution in [0.1, 0.15) is 332 Å². The Morgan fingerprint density at radius 2 is 0.785 bits per heavy atom. The van der Waals surface area contributed by atoms with Crippen molar-refractivity contribution in [3.63, 3.8) is 0 Å². The smallest absolute Gasteiger partial charge is 0.494 e. The van der Waals surface area contributed by atoms with Crippen LogP contribution >= 0.6 is 11.6 Å². The normalized spacial score (nSPS) is 11.2. The van der Waals surface area contributed by atoms with E-state index in [0.29, 0.717) is 64.0 Å². The molecule has 0 amide bonds. The number of rotatable bonds is 19. The van der Waals surface area contributed by atoms with E-state index >= 15 is 0 Å². The maximum atomic E-state index is 14.2. The van der Waals surface area contributed by atoms with Gasteiger partial charge in [-0.2, -0.15) is 0 Å². The van der Waals surface area contributed by atoms with Gasteiger partial charge in [0.05, 0.1) is 13.7 Å². The first-order chi connectivity index (χ1) is 43.2. The Labute approximate surface area is 569 Å². The predicted octanol–water partition coefficient (Wildman–Crippen LogP) is 27.4. The summed E-state index contributed by atoms with van der Waals surface area (Å²) >= 11 is 6.10. The molecule has 0 aromatic heterocycles. The van der Waals surface area contributed by atoms with E-state index in [-0.39, 0.29) is 41.0 Å². The second-order valence-corrected chi connectivity index (χ2v) is 27.9. The Bertz CT molecular complexity index is 3010. The van der Waals surface area contributed by atoms with Crippen molar-refractivity contribution in [3.8, 4) is 17.2 Å². The molecule has 0 bridgehead atoms. The highest BCUT2D eigenvalue weighted by molar-refractivity contribution is 6.31. The molecule has 0 aliphatic rings. The monoisotopic (exact) mass is 1320 g/mol. The van der Waals surface area contributed by atoms with Gasteiger partial charge in [-0.25, -0.2) is 8.78 Å². The van der Waals surface area contributed by atoms with E-state index in [1.54, 1.807) is 12.1 Å². The van der Waals surface area contributed by atoms with Gasteiger partial charge in [-0.1, -0.05) is 252 Å². The first-order valence-electron chi connectivity index (χ1n) is 34.4. The highest BCUT2D eigenvalue weighted by atomic mass is 35.5. The summed E-state index contributed by atoms with van der Waals surface area (Å²) in [7, 11) is 5.57. The number of hydrogen-bond donors (Lipinski definition) is 1. The third-order valence-electron chi connectivity index (χ3n) is 15.7. The zero-order valence-electron chi connectivity index (χ0n) is 63.5. The van der Waals surface area contributed by atoms with Crippen LogP contribution in [0, 0.1) is 11.6 Å². The van der Waals surface area contributed by atoms with Crippen LogP contribution < -0.4 is 24.4 Å². The Kier molecular flexibility index (Phi) is 40.0. The topological polar surface area (TPSA) is 43.0 Å². The maximum absolute atomic E-state index is 14.2. The van der Waals surface area contributed by atoms with Crippen molar-refractivity contribution >= 4 is 23.0 Å². The Balaban J connectivity index is 0.00000109.